The minimum Gasteiger partial charge on any atom is -0.356 e. The Balaban J connectivity index is 2.41. The highest BCUT2D eigenvalue weighted by Gasteiger charge is 2.20. The Kier molecular flexibility index (Phi) is 7.66. The number of hydrogen-bond donors (Lipinski definition) is 2. The highest BCUT2D eigenvalue weighted by Crippen LogP contribution is 2.19. The van der Waals surface area contributed by atoms with Gasteiger partial charge in [0.1, 0.15) is 15.7 Å². The Morgan fingerprint density at radius 2 is 1.92 bits per heavy atom. The summed E-state index contributed by atoms with van der Waals surface area (Å²) in [5.74, 6) is 0.587. The van der Waals surface area contributed by atoms with Gasteiger partial charge in [0, 0.05) is 26.4 Å². The van der Waals surface area contributed by atoms with Crippen molar-refractivity contribution in [3.8, 4) is 0 Å². The molecule has 0 radical (unpaired) electrons. The van der Waals surface area contributed by atoms with Crippen LogP contribution >= 0.6 is 0 Å². The maximum Gasteiger partial charge on any atom is 0.191 e. The van der Waals surface area contributed by atoms with E-state index in [4.69, 9.17) is 0 Å². The summed E-state index contributed by atoms with van der Waals surface area (Å²) in [4.78, 5) is 4.14. The van der Waals surface area contributed by atoms with Crippen LogP contribution in [-0.2, 0) is 16.3 Å². The molecule has 136 valence electrons. The quantitative estimate of drug-likeness (QED) is 0.551. The van der Waals surface area contributed by atoms with Gasteiger partial charge in [-0.1, -0.05) is 32.0 Å². The van der Waals surface area contributed by atoms with Crippen molar-refractivity contribution in [2.24, 2.45) is 10.4 Å². The van der Waals surface area contributed by atoms with E-state index in [2.05, 4.69) is 15.6 Å². The minimum atomic E-state index is -2.96. The SMILES string of the molecule is CN=C(NCCc1ccccc1F)NCC(C)(C)CCS(C)(=O)=O. The van der Waals surface area contributed by atoms with E-state index in [1.165, 1.54) is 12.3 Å². The van der Waals surface area contributed by atoms with E-state index in [-0.39, 0.29) is 17.0 Å². The maximum atomic E-state index is 13.6. The topological polar surface area (TPSA) is 70.6 Å². The molecule has 5 nitrogen and oxygen atoms in total. The highest BCUT2D eigenvalue weighted by molar-refractivity contribution is 7.90. The molecule has 0 spiro atoms. The van der Waals surface area contributed by atoms with Crippen molar-refractivity contribution in [1.29, 1.82) is 0 Å². The van der Waals surface area contributed by atoms with Gasteiger partial charge in [-0.05, 0) is 29.9 Å². The molecule has 0 saturated heterocycles. The normalized spacial score (nSPS) is 13.0. The average Bonchev–Trinajstić information content (AvgIpc) is 2.50. The van der Waals surface area contributed by atoms with Gasteiger partial charge in [0.15, 0.2) is 5.96 Å². The van der Waals surface area contributed by atoms with Crippen LogP contribution in [0, 0.1) is 11.2 Å². The summed E-state index contributed by atoms with van der Waals surface area (Å²) >= 11 is 0. The summed E-state index contributed by atoms with van der Waals surface area (Å²) < 4.78 is 36.1. The molecule has 0 fully saturated rings. The van der Waals surface area contributed by atoms with Crippen molar-refractivity contribution in [2.45, 2.75) is 26.7 Å². The van der Waals surface area contributed by atoms with Crippen molar-refractivity contribution >= 4 is 15.8 Å². The Morgan fingerprint density at radius 1 is 1.25 bits per heavy atom. The van der Waals surface area contributed by atoms with E-state index >= 15 is 0 Å². The van der Waals surface area contributed by atoms with Crippen LogP contribution < -0.4 is 10.6 Å². The molecule has 0 atom stereocenters. The van der Waals surface area contributed by atoms with Crippen molar-refractivity contribution in [3.05, 3.63) is 35.6 Å². The summed E-state index contributed by atoms with van der Waals surface area (Å²) in [6.45, 7) is 5.18. The molecule has 0 aliphatic rings. The van der Waals surface area contributed by atoms with Crippen LogP contribution in [0.4, 0.5) is 4.39 Å². The van der Waals surface area contributed by atoms with Gasteiger partial charge in [0.05, 0.1) is 5.75 Å². The van der Waals surface area contributed by atoms with Crippen molar-refractivity contribution in [2.75, 3.05) is 32.1 Å². The van der Waals surface area contributed by atoms with E-state index < -0.39 is 9.84 Å². The molecule has 0 amide bonds. The first kappa shape index (κ1) is 20.4. The van der Waals surface area contributed by atoms with Gasteiger partial charge in [0.25, 0.3) is 0 Å². The van der Waals surface area contributed by atoms with Gasteiger partial charge < -0.3 is 10.6 Å². The number of sulfone groups is 1. The number of nitrogens with one attached hydrogen (secondary N) is 2. The third-order valence-corrected chi connectivity index (χ3v) is 4.70. The number of halogens is 1. The molecule has 1 aromatic carbocycles. The Labute approximate surface area is 144 Å². The van der Waals surface area contributed by atoms with Crippen LogP contribution in [-0.4, -0.2) is 46.5 Å². The number of guanidine groups is 1. The zero-order valence-corrected chi connectivity index (χ0v) is 15.7. The van der Waals surface area contributed by atoms with Gasteiger partial charge in [-0.3, -0.25) is 4.99 Å². The van der Waals surface area contributed by atoms with Crippen LogP contribution in [0.3, 0.4) is 0 Å². The first-order chi connectivity index (χ1) is 11.1. The molecule has 0 saturated carbocycles. The van der Waals surface area contributed by atoms with Gasteiger partial charge in [0.2, 0.25) is 0 Å². The Hall–Kier alpha value is -1.63. The lowest BCUT2D eigenvalue weighted by Crippen LogP contribution is -2.43. The van der Waals surface area contributed by atoms with Crippen molar-refractivity contribution in [3.63, 3.8) is 0 Å². The zero-order chi connectivity index (χ0) is 18.2. The van der Waals surface area contributed by atoms with Crippen molar-refractivity contribution < 1.29 is 12.8 Å². The molecule has 0 aromatic heterocycles. The molecule has 2 N–H and O–H groups in total. The minimum absolute atomic E-state index is 0.168. The van der Waals surface area contributed by atoms with E-state index in [0.29, 0.717) is 37.5 Å². The monoisotopic (exact) mass is 357 g/mol. The molecule has 0 bridgehead atoms. The fourth-order valence-corrected chi connectivity index (χ4v) is 3.03. The standard InChI is InChI=1S/C17H28FN3O2S/c1-17(2,10-12-24(4,22)23)13-21-16(19-3)20-11-9-14-7-5-6-8-15(14)18/h5-8H,9-13H2,1-4H3,(H2,19,20,21). The predicted octanol–water partition coefficient (Wildman–Crippen LogP) is 1.99. The number of benzene rings is 1. The molecule has 1 aromatic rings. The predicted molar refractivity (Wildman–Crippen MR) is 97.6 cm³/mol. The second-order valence-electron chi connectivity index (χ2n) is 6.74. The molecule has 0 aliphatic heterocycles. The largest absolute Gasteiger partial charge is 0.356 e. The molecule has 7 heteroatoms. The Morgan fingerprint density at radius 3 is 2.50 bits per heavy atom. The summed E-state index contributed by atoms with van der Waals surface area (Å²) in [5, 5.41) is 6.34. The fraction of sp³-hybridized carbons (Fsp3) is 0.588. The lowest BCUT2D eigenvalue weighted by molar-refractivity contribution is 0.348. The Bertz CT molecular complexity index is 658. The molecule has 0 aliphatic carbocycles. The van der Waals surface area contributed by atoms with Gasteiger partial charge in [-0.15, -0.1) is 0 Å². The third kappa shape index (κ3) is 8.29. The lowest BCUT2D eigenvalue weighted by Gasteiger charge is -2.25. The molecule has 1 rings (SSSR count). The van der Waals surface area contributed by atoms with Gasteiger partial charge in [-0.2, -0.15) is 0 Å². The van der Waals surface area contributed by atoms with Gasteiger partial charge in [-0.25, -0.2) is 12.8 Å². The van der Waals surface area contributed by atoms with Crippen molar-refractivity contribution in [1.82, 2.24) is 10.6 Å². The zero-order valence-electron chi connectivity index (χ0n) is 14.9. The van der Waals surface area contributed by atoms with Crippen LogP contribution in [0.5, 0.6) is 0 Å². The molecular weight excluding hydrogens is 329 g/mol. The van der Waals surface area contributed by atoms with E-state index in [9.17, 15) is 12.8 Å². The molecule has 24 heavy (non-hydrogen) atoms. The smallest absolute Gasteiger partial charge is 0.191 e. The molecule has 0 heterocycles. The van der Waals surface area contributed by atoms with Crippen LogP contribution in [0.25, 0.3) is 0 Å². The molecule has 0 unspecified atom stereocenters. The second kappa shape index (κ2) is 9.01. The van der Waals surface area contributed by atoms with Crippen LogP contribution in [0.15, 0.2) is 29.3 Å². The van der Waals surface area contributed by atoms with Gasteiger partial charge >= 0.3 is 0 Å². The number of hydrogen-bond acceptors (Lipinski definition) is 3. The summed E-state index contributed by atoms with van der Waals surface area (Å²) in [5.41, 5.74) is 0.487. The van der Waals surface area contributed by atoms with E-state index in [0.717, 1.165) is 0 Å². The first-order valence-electron chi connectivity index (χ1n) is 7.99. The average molecular weight is 357 g/mol. The summed E-state index contributed by atoms with van der Waals surface area (Å²) in [6, 6.07) is 6.70. The fourth-order valence-electron chi connectivity index (χ4n) is 2.11. The second-order valence-corrected chi connectivity index (χ2v) is 9.00. The van der Waals surface area contributed by atoms with E-state index in [1.807, 2.05) is 19.9 Å². The van der Waals surface area contributed by atoms with Crippen LogP contribution in [0.1, 0.15) is 25.8 Å². The van der Waals surface area contributed by atoms with E-state index in [1.54, 1.807) is 19.2 Å². The number of rotatable bonds is 8. The number of nitrogens with zero attached hydrogens (tertiary/aromatic N) is 1. The third-order valence-electron chi connectivity index (χ3n) is 3.75. The number of aliphatic imine (C=N–C) groups is 1. The summed E-state index contributed by atoms with van der Waals surface area (Å²) in [7, 11) is -1.29. The molecular formula is C17H28FN3O2S. The first-order valence-corrected chi connectivity index (χ1v) is 10.0. The lowest BCUT2D eigenvalue weighted by atomic mass is 9.90. The van der Waals surface area contributed by atoms with Crippen LogP contribution in [0.2, 0.25) is 0 Å². The maximum absolute atomic E-state index is 13.6. The summed E-state index contributed by atoms with van der Waals surface area (Å²) in [6.07, 6.45) is 2.38. The highest BCUT2D eigenvalue weighted by atomic mass is 32.2.